The molecule has 2 aliphatic heterocycles. The van der Waals surface area contributed by atoms with Crippen LogP contribution in [0.5, 0.6) is 0 Å². The van der Waals surface area contributed by atoms with E-state index in [-0.39, 0.29) is 29.8 Å². The molecule has 1 saturated carbocycles. The summed E-state index contributed by atoms with van der Waals surface area (Å²) >= 11 is 0. The number of aromatic nitrogens is 4. The van der Waals surface area contributed by atoms with Crippen LogP contribution in [0.25, 0.3) is 33.6 Å². The maximum absolute atomic E-state index is 13.8. The molecule has 2 aromatic heterocycles. The van der Waals surface area contributed by atoms with Gasteiger partial charge in [0.1, 0.15) is 17.7 Å². The fourth-order valence-electron chi connectivity index (χ4n) is 7.46. The highest BCUT2D eigenvalue weighted by atomic mass is 16.5. The summed E-state index contributed by atoms with van der Waals surface area (Å²) in [7, 11) is 1.29. The average Bonchev–Trinajstić information content (AvgIpc) is 3.63. The maximum Gasteiger partial charge on any atom is 0.407 e. The summed E-state index contributed by atoms with van der Waals surface area (Å²) in [5, 5.41) is 2.71. The summed E-state index contributed by atoms with van der Waals surface area (Å²) in [4.78, 5) is 58.9. The lowest BCUT2D eigenvalue weighted by Crippen LogP contribution is -2.42. The van der Waals surface area contributed by atoms with Gasteiger partial charge < -0.3 is 29.8 Å². The average molecular weight is 684 g/mol. The number of nitrogens with zero attached hydrogens (tertiary/aromatic N) is 4. The van der Waals surface area contributed by atoms with Gasteiger partial charge in [0.25, 0.3) is 5.91 Å². The number of amides is 3. The first-order chi connectivity index (χ1) is 25.0. The largest absolute Gasteiger partial charge is 0.453 e. The molecule has 8 rings (SSSR count). The lowest BCUT2D eigenvalue weighted by atomic mass is 10.0. The number of carbonyl (C=O) groups is 3. The Kier molecular flexibility index (Phi) is 8.85. The van der Waals surface area contributed by atoms with Gasteiger partial charge in [-0.05, 0) is 66.3 Å². The lowest BCUT2D eigenvalue weighted by molar-refractivity contribution is -0.135. The lowest BCUT2D eigenvalue weighted by Gasteiger charge is -2.28. The number of imidazole rings is 2. The third-order valence-electron chi connectivity index (χ3n) is 10.4. The van der Waals surface area contributed by atoms with Crippen molar-refractivity contribution in [2.24, 2.45) is 5.92 Å². The number of nitrogens with one attached hydrogen (secondary N) is 3. The van der Waals surface area contributed by atoms with E-state index in [2.05, 4.69) is 68.8 Å². The minimum Gasteiger partial charge on any atom is -0.453 e. The molecule has 0 bridgehead atoms. The van der Waals surface area contributed by atoms with E-state index < -0.39 is 12.1 Å². The second-order valence-corrected chi connectivity index (χ2v) is 13.7. The highest BCUT2D eigenvalue weighted by Gasteiger charge is 2.40. The molecule has 3 atom stereocenters. The van der Waals surface area contributed by atoms with Gasteiger partial charge in [0.05, 0.1) is 43.0 Å². The number of methoxy groups -OCH3 is 1. The van der Waals surface area contributed by atoms with E-state index in [0.717, 1.165) is 90.4 Å². The molecule has 3 amide bonds. The SMILES string of the molecule is COC(=O)N[C@@H](C(=O)N1CCC[C@H]1c1ncc(-c2ccc(-c3ccc(-c4cnc([C@@H]5CCCN5C(=O)C5CC5)[nH]4)cc3)cc2)[nH]1)c1ccccc1. The van der Waals surface area contributed by atoms with Crippen LogP contribution in [0.3, 0.4) is 0 Å². The number of hydrogen-bond donors (Lipinski definition) is 3. The van der Waals surface area contributed by atoms with E-state index in [0.29, 0.717) is 12.1 Å². The number of benzene rings is 3. The van der Waals surface area contributed by atoms with Gasteiger partial charge >= 0.3 is 6.09 Å². The third-order valence-corrected chi connectivity index (χ3v) is 10.4. The van der Waals surface area contributed by atoms with Gasteiger partial charge in [0, 0.05) is 19.0 Å². The monoisotopic (exact) mass is 683 g/mol. The van der Waals surface area contributed by atoms with Crippen LogP contribution >= 0.6 is 0 Å². The molecule has 51 heavy (non-hydrogen) atoms. The number of hydrogen-bond acceptors (Lipinski definition) is 6. The Balaban J connectivity index is 0.937. The Morgan fingerprint density at radius 3 is 1.75 bits per heavy atom. The van der Waals surface area contributed by atoms with Crippen molar-refractivity contribution in [3.05, 3.63) is 108 Å². The number of carbonyl (C=O) groups excluding carboxylic acids is 3. The Labute approximate surface area is 296 Å². The number of rotatable bonds is 9. The fourth-order valence-corrected chi connectivity index (χ4v) is 7.46. The van der Waals surface area contributed by atoms with Crippen LogP contribution < -0.4 is 5.32 Å². The van der Waals surface area contributed by atoms with Crippen LogP contribution in [-0.4, -0.2) is 67.8 Å². The van der Waals surface area contributed by atoms with Crippen LogP contribution in [0.15, 0.2) is 91.3 Å². The van der Waals surface area contributed by atoms with E-state index in [9.17, 15) is 14.4 Å². The Morgan fingerprint density at radius 2 is 1.22 bits per heavy atom. The Hall–Kier alpha value is -5.71. The van der Waals surface area contributed by atoms with Gasteiger partial charge in [-0.25, -0.2) is 14.8 Å². The molecular formula is C40H41N7O4. The van der Waals surface area contributed by atoms with Gasteiger partial charge in [-0.2, -0.15) is 0 Å². The highest BCUT2D eigenvalue weighted by molar-refractivity contribution is 5.87. The second-order valence-electron chi connectivity index (χ2n) is 13.7. The molecule has 3 aliphatic rings. The van der Waals surface area contributed by atoms with E-state index in [1.807, 2.05) is 47.6 Å². The Bertz CT molecular complexity index is 2020. The van der Waals surface area contributed by atoms with Gasteiger partial charge in [0.15, 0.2) is 0 Å². The highest BCUT2D eigenvalue weighted by Crippen LogP contribution is 2.39. The molecule has 5 aromatic rings. The minimum atomic E-state index is -0.862. The van der Waals surface area contributed by atoms with Gasteiger partial charge in [0.2, 0.25) is 5.91 Å². The zero-order valence-electron chi connectivity index (χ0n) is 28.5. The molecular weight excluding hydrogens is 642 g/mol. The van der Waals surface area contributed by atoms with Crippen LogP contribution in [0, 0.1) is 5.92 Å². The van der Waals surface area contributed by atoms with Crippen molar-refractivity contribution in [2.45, 2.75) is 56.7 Å². The van der Waals surface area contributed by atoms with E-state index in [1.54, 1.807) is 4.90 Å². The predicted molar refractivity (Wildman–Crippen MR) is 192 cm³/mol. The summed E-state index contributed by atoms with van der Waals surface area (Å²) in [5.74, 6) is 1.90. The van der Waals surface area contributed by atoms with Crippen LogP contribution in [0.2, 0.25) is 0 Å². The molecule has 0 radical (unpaired) electrons. The first-order valence-corrected chi connectivity index (χ1v) is 17.8. The molecule has 1 aliphatic carbocycles. The van der Waals surface area contributed by atoms with Crippen LogP contribution in [-0.2, 0) is 14.3 Å². The normalized spacial score (nSPS) is 19.2. The zero-order valence-corrected chi connectivity index (χ0v) is 28.5. The van der Waals surface area contributed by atoms with E-state index >= 15 is 0 Å². The van der Waals surface area contributed by atoms with Crippen LogP contribution in [0.4, 0.5) is 4.79 Å². The minimum absolute atomic E-state index is 0.0394. The molecule has 3 aromatic carbocycles. The molecule has 0 spiro atoms. The summed E-state index contributed by atoms with van der Waals surface area (Å²) in [5.41, 5.74) is 6.74. The second kappa shape index (κ2) is 13.9. The summed E-state index contributed by atoms with van der Waals surface area (Å²) in [6.07, 6.45) is 8.63. The fraction of sp³-hybridized carbons (Fsp3) is 0.325. The number of H-pyrrole nitrogens is 2. The maximum atomic E-state index is 13.8. The third kappa shape index (κ3) is 6.63. The number of likely N-dealkylation sites (tertiary alicyclic amines) is 2. The van der Waals surface area contributed by atoms with Crippen molar-refractivity contribution in [1.29, 1.82) is 0 Å². The van der Waals surface area contributed by atoms with Crippen molar-refractivity contribution in [3.8, 4) is 33.6 Å². The summed E-state index contributed by atoms with van der Waals surface area (Å²) in [6.45, 7) is 1.39. The van der Waals surface area contributed by atoms with Crippen molar-refractivity contribution in [1.82, 2.24) is 35.1 Å². The molecule has 3 fully saturated rings. The molecule has 4 heterocycles. The van der Waals surface area contributed by atoms with Crippen molar-refractivity contribution < 1.29 is 19.1 Å². The van der Waals surface area contributed by atoms with E-state index in [4.69, 9.17) is 9.72 Å². The standard InChI is InChI=1S/C40H41N7O4/c1-51-40(50)45-35(29-7-3-2-4-8-29)39(49)47-22-6-10-34(47)37-42-24-32(44-37)28-17-13-26(14-18-28)25-11-15-27(16-12-25)31-23-41-36(43-31)33-9-5-21-46(33)38(48)30-19-20-30/h2-4,7-8,11-18,23-24,30,33-35H,5-6,9-10,19-22H2,1H3,(H,41,43)(H,42,44)(H,45,50)/t33-,34-,35+/m0/s1. The van der Waals surface area contributed by atoms with Gasteiger partial charge in [-0.3, -0.25) is 9.59 Å². The van der Waals surface area contributed by atoms with Crippen molar-refractivity contribution >= 4 is 17.9 Å². The summed E-state index contributed by atoms with van der Waals surface area (Å²) < 4.78 is 4.82. The Morgan fingerprint density at radius 1 is 0.706 bits per heavy atom. The first kappa shape index (κ1) is 32.5. The molecule has 2 saturated heterocycles. The number of ether oxygens (including phenoxy) is 1. The van der Waals surface area contributed by atoms with E-state index in [1.165, 1.54) is 7.11 Å². The quantitative estimate of drug-likeness (QED) is 0.154. The zero-order chi connectivity index (χ0) is 34.9. The summed E-state index contributed by atoms with van der Waals surface area (Å²) in [6, 6.07) is 24.9. The first-order valence-electron chi connectivity index (χ1n) is 17.8. The topological polar surface area (TPSA) is 136 Å². The molecule has 11 heteroatoms. The smallest absolute Gasteiger partial charge is 0.407 e. The van der Waals surface area contributed by atoms with Crippen molar-refractivity contribution in [3.63, 3.8) is 0 Å². The van der Waals surface area contributed by atoms with Crippen molar-refractivity contribution in [2.75, 3.05) is 20.2 Å². The predicted octanol–water partition coefficient (Wildman–Crippen LogP) is 6.97. The number of alkyl carbamates (subject to hydrolysis) is 1. The molecule has 260 valence electrons. The molecule has 3 N–H and O–H groups in total. The number of aromatic amines is 2. The molecule has 11 nitrogen and oxygen atoms in total. The van der Waals surface area contributed by atoms with Gasteiger partial charge in [-0.1, -0.05) is 78.9 Å². The van der Waals surface area contributed by atoms with Crippen LogP contribution in [0.1, 0.15) is 73.9 Å². The van der Waals surface area contributed by atoms with Gasteiger partial charge in [-0.15, -0.1) is 0 Å². The molecule has 0 unspecified atom stereocenters.